The van der Waals surface area contributed by atoms with Gasteiger partial charge in [-0.05, 0) is 43.0 Å². The topological polar surface area (TPSA) is 31.2 Å². The number of hydrogen-bond acceptors (Lipinski definition) is 2. The molecule has 0 bridgehead atoms. The van der Waals surface area contributed by atoms with Gasteiger partial charge < -0.3 is 4.74 Å². The van der Waals surface area contributed by atoms with Crippen molar-refractivity contribution in [2.75, 3.05) is 13.2 Å². The summed E-state index contributed by atoms with van der Waals surface area (Å²) < 4.78 is 7.13. The average Bonchev–Trinajstić information content (AvgIpc) is 2.90. The van der Waals surface area contributed by atoms with Crippen LogP contribution in [0, 0.1) is 5.92 Å². The number of aromatic nitrogens is 1. The Kier molecular flexibility index (Phi) is 3.38. The maximum Gasteiger partial charge on any atom is 0.234 e. The van der Waals surface area contributed by atoms with Crippen LogP contribution in [0.5, 0.6) is 0 Å². The number of aryl methyl sites for hydroxylation is 1. The third-order valence-electron chi connectivity index (χ3n) is 3.97. The zero-order chi connectivity index (χ0) is 13.2. The number of fused-ring (bicyclic) bond motifs is 1. The fraction of sp³-hybridized carbons (Fsp3) is 0.438. The molecule has 0 atom stereocenters. The maximum atomic E-state index is 12.5. The van der Waals surface area contributed by atoms with E-state index in [0.29, 0.717) is 13.2 Å². The molecule has 2 aromatic rings. The van der Waals surface area contributed by atoms with E-state index >= 15 is 0 Å². The Morgan fingerprint density at radius 2 is 2.11 bits per heavy atom. The van der Waals surface area contributed by atoms with Crippen molar-refractivity contribution in [2.45, 2.75) is 26.2 Å². The summed E-state index contributed by atoms with van der Waals surface area (Å²) >= 11 is 0. The predicted molar refractivity (Wildman–Crippen MR) is 75.5 cm³/mol. The molecule has 0 radical (unpaired) electrons. The lowest BCUT2D eigenvalue weighted by atomic mass is 9.99. The zero-order valence-corrected chi connectivity index (χ0v) is 11.3. The first-order valence-corrected chi connectivity index (χ1v) is 7.01. The lowest BCUT2D eigenvalue weighted by Crippen LogP contribution is -2.27. The number of hydrogen-bond donors (Lipinski definition) is 0. The molecular formula is C16H19NO2. The Labute approximate surface area is 113 Å². The van der Waals surface area contributed by atoms with E-state index in [2.05, 4.69) is 25.1 Å². The van der Waals surface area contributed by atoms with E-state index in [9.17, 15) is 4.79 Å². The first kappa shape index (κ1) is 12.4. The Morgan fingerprint density at radius 1 is 1.32 bits per heavy atom. The minimum absolute atomic E-state index is 0.107. The molecule has 0 saturated carbocycles. The third kappa shape index (κ3) is 2.30. The van der Waals surface area contributed by atoms with Crippen LogP contribution in [0.2, 0.25) is 0 Å². The van der Waals surface area contributed by atoms with Gasteiger partial charge in [-0.25, -0.2) is 0 Å². The van der Waals surface area contributed by atoms with E-state index < -0.39 is 0 Å². The highest BCUT2D eigenvalue weighted by atomic mass is 16.5. The van der Waals surface area contributed by atoms with E-state index in [1.807, 2.05) is 16.8 Å². The number of benzene rings is 1. The highest BCUT2D eigenvalue weighted by molar-refractivity contribution is 5.93. The van der Waals surface area contributed by atoms with Crippen LogP contribution in [-0.4, -0.2) is 23.7 Å². The smallest absolute Gasteiger partial charge is 0.234 e. The van der Waals surface area contributed by atoms with Crippen LogP contribution < -0.4 is 0 Å². The second-order valence-electron chi connectivity index (χ2n) is 5.16. The lowest BCUT2D eigenvalue weighted by molar-refractivity contribution is 0.0490. The van der Waals surface area contributed by atoms with Gasteiger partial charge in [-0.15, -0.1) is 0 Å². The Balaban J connectivity index is 1.93. The molecule has 2 heterocycles. The van der Waals surface area contributed by atoms with Gasteiger partial charge in [0.05, 0.1) is 5.52 Å². The van der Waals surface area contributed by atoms with Crippen molar-refractivity contribution < 1.29 is 9.53 Å². The number of nitrogens with zero attached hydrogens (tertiary/aromatic N) is 1. The maximum absolute atomic E-state index is 12.5. The standard InChI is InChI=1S/C16H19NO2/c1-2-12-3-4-15-14(11-12)5-8-17(15)16(18)13-6-9-19-10-7-13/h3-5,8,11,13H,2,6-7,9-10H2,1H3. The van der Waals surface area contributed by atoms with E-state index in [0.717, 1.165) is 30.2 Å². The molecule has 1 aliphatic rings. The predicted octanol–water partition coefficient (Wildman–Crippen LogP) is 3.27. The van der Waals surface area contributed by atoms with E-state index in [-0.39, 0.29) is 11.8 Å². The molecule has 3 heteroatoms. The summed E-state index contributed by atoms with van der Waals surface area (Å²) in [6.07, 6.45) is 4.61. The minimum Gasteiger partial charge on any atom is -0.381 e. The van der Waals surface area contributed by atoms with Gasteiger partial charge in [-0.1, -0.05) is 13.0 Å². The van der Waals surface area contributed by atoms with Crippen molar-refractivity contribution in [1.82, 2.24) is 4.57 Å². The summed E-state index contributed by atoms with van der Waals surface area (Å²) in [5, 5.41) is 1.15. The normalized spacial score (nSPS) is 16.9. The van der Waals surface area contributed by atoms with Gasteiger partial charge in [0, 0.05) is 30.7 Å². The van der Waals surface area contributed by atoms with Crippen LogP contribution >= 0.6 is 0 Å². The lowest BCUT2D eigenvalue weighted by Gasteiger charge is -2.21. The first-order valence-electron chi connectivity index (χ1n) is 7.01. The summed E-state index contributed by atoms with van der Waals surface area (Å²) in [6, 6.07) is 8.37. The average molecular weight is 257 g/mol. The molecule has 1 saturated heterocycles. The SMILES string of the molecule is CCc1ccc2c(ccn2C(=O)C2CCOCC2)c1. The number of carbonyl (C=O) groups is 1. The second-order valence-corrected chi connectivity index (χ2v) is 5.16. The van der Waals surface area contributed by atoms with Crippen LogP contribution in [-0.2, 0) is 11.2 Å². The Hall–Kier alpha value is -1.61. The minimum atomic E-state index is 0.107. The van der Waals surface area contributed by atoms with Crippen molar-refractivity contribution in [3.63, 3.8) is 0 Å². The van der Waals surface area contributed by atoms with Crippen molar-refractivity contribution in [3.05, 3.63) is 36.0 Å². The number of ether oxygens (including phenoxy) is 1. The van der Waals surface area contributed by atoms with E-state index in [1.54, 1.807) is 0 Å². The number of rotatable bonds is 2. The molecule has 1 aromatic heterocycles. The highest BCUT2D eigenvalue weighted by Gasteiger charge is 2.23. The number of carbonyl (C=O) groups excluding carboxylic acids is 1. The van der Waals surface area contributed by atoms with Crippen molar-refractivity contribution in [3.8, 4) is 0 Å². The molecule has 0 unspecified atom stereocenters. The summed E-state index contributed by atoms with van der Waals surface area (Å²) in [6.45, 7) is 3.55. The van der Waals surface area contributed by atoms with E-state index in [4.69, 9.17) is 4.74 Å². The highest BCUT2D eigenvalue weighted by Crippen LogP contribution is 2.22. The summed E-state index contributed by atoms with van der Waals surface area (Å²) in [5.41, 5.74) is 2.33. The van der Waals surface area contributed by atoms with Crippen molar-refractivity contribution in [1.29, 1.82) is 0 Å². The van der Waals surface area contributed by atoms with Gasteiger partial charge in [0.1, 0.15) is 0 Å². The summed E-state index contributed by atoms with van der Waals surface area (Å²) in [5.74, 6) is 0.317. The molecule has 1 aromatic carbocycles. The zero-order valence-electron chi connectivity index (χ0n) is 11.3. The molecule has 1 aliphatic heterocycles. The van der Waals surface area contributed by atoms with Crippen LogP contribution in [0.1, 0.15) is 30.1 Å². The van der Waals surface area contributed by atoms with Gasteiger partial charge in [0.2, 0.25) is 5.91 Å². The largest absolute Gasteiger partial charge is 0.381 e. The summed E-state index contributed by atoms with van der Waals surface area (Å²) in [7, 11) is 0. The monoisotopic (exact) mass is 257 g/mol. The van der Waals surface area contributed by atoms with Gasteiger partial charge in [-0.2, -0.15) is 0 Å². The molecule has 0 aliphatic carbocycles. The molecule has 0 N–H and O–H groups in total. The van der Waals surface area contributed by atoms with Gasteiger partial charge in [0.25, 0.3) is 0 Å². The van der Waals surface area contributed by atoms with Crippen LogP contribution in [0.15, 0.2) is 30.5 Å². The molecule has 3 nitrogen and oxygen atoms in total. The van der Waals surface area contributed by atoms with Crippen molar-refractivity contribution >= 4 is 16.8 Å². The van der Waals surface area contributed by atoms with Crippen molar-refractivity contribution in [2.24, 2.45) is 5.92 Å². The molecule has 3 rings (SSSR count). The molecule has 0 spiro atoms. The van der Waals surface area contributed by atoms with Gasteiger partial charge >= 0.3 is 0 Å². The molecule has 0 amide bonds. The molecular weight excluding hydrogens is 238 g/mol. The molecule has 19 heavy (non-hydrogen) atoms. The Morgan fingerprint density at radius 3 is 2.84 bits per heavy atom. The quantitative estimate of drug-likeness (QED) is 0.826. The van der Waals surface area contributed by atoms with Crippen LogP contribution in [0.3, 0.4) is 0 Å². The van der Waals surface area contributed by atoms with E-state index in [1.165, 1.54) is 5.56 Å². The van der Waals surface area contributed by atoms with Gasteiger partial charge in [0.15, 0.2) is 0 Å². The van der Waals surface area contributed by atoms with Crippen LogP contribution in [0.4, 0.5) is 0 Å². The second kappa shape index (κ2) is 5.17. The Bertz CT molecular complexity index is 594. The van der Waals surface area contributed by atoms with Crippen LogP contribution in [0.25, 0.3) is 10.9 Å². The fourth-order valence-electron chi connectivity index (χ4n) is 2.75. The fourth-order valence-corrected chi connectivity index (χ4v) is 2.75. The molecule has 100 valence electrons. The first-order chi connectivity index (χ1) is 9.29. The summed E-state index contributed by atoms with van der Waals surface area (Å²) in [4.78, 5) is 12.5. The third-order valence-corrected chi connectivity index (χ3v) is 3.97. The molecule has 1 fully saturated rings. The van der Waals surface area contributed by atoms with Gasteiger partial charge in [-0.3, -0.25) is 9.36 Å².